The van der Waals surface area contributed by atoms with Crippen LogP contribution >= 0.6 is 11.6 Å². The SMILES string of the molecule is Cc1nn(CC(C)C)c(Cl)c1/C=N\NC(=O)c1ccc(O)cc1. The number of benzene rings is 1. The first kappa shape index (κ1) is 17.0. The van der Waals surface area contributed by atoms with Crippen molar-refractivity contribution in [1.82, 2.24) is 15.2 Å². The molecule has 0 spiro atoms. The summed E-state index contributed by atoms with van der Waals surface area (Å²) in [5.74, 6) is 0.153. The number of amides is 1. The number of carbonyl (C=O) groups excluding carboxylic acids is 1. The van der Waals surface area contributed by atoms with E-state index >= 15 is 0 Å². The number of aromatic nitrogens is 2. The van der Waals surface area contributed by atoms with Gasteiger partial charge in [-0.2, -0.15) is 10.2 Å². The van der Waals surface area contributed by atoms with Crippen molar-refractivity contribution in [3.63, 3.8) is 0 Å². The first-order valence-corrected chi connectivity index (χ1v) is 7.61. The number of aryl methyl sites for hydroxylation is 1. The van der Waals surface area contributed by atoms with Gasteiger partial charge in [0.25, 0.3) is 5.91 Å². The van der Waals surface area contributed by atoms with E-state index in [1.807, 2.05) is 6.92 Å². The minimum atomic E-state index is -0.371. The van der Waals surface area contributed by atoms with Gasteiger partial charge >= 0.3 is 0 Å². The molecule has 0 aliphatic heterocycles. The minimum absolute atomic E-state index is 0.102. The molecule has 0 bridgehead atoms. The average Bonchev–Trinajstić information content (AvgIpc) is 2.74. The zero-order chi connectivity index (χ0) is 17.0. The summed E-state index contributed by atoms with van der Waals surface area (Å²) in [6.07, 6.45) is 1.49. The fourth-order valence-electron chi connectivity index (χ4n) is 2.01. The smallest absolute Gasteiger partial charge is 0.271 e. The van der Waals surface area contributed by atoms with Crippen LogP contribution in [0.3, 0.4) is 0 Å². The van der Waals surface area contributed by atoms with Crippen LogP contribution < -0.4 is 5.43 Å². The number of phenols is 1. The lowest BCUT2D eigenvalue weighted by Crippen LogP contribution is -2.17. The molecule has 1 aromatic heterocycles. The monoisotopic (exact) mass is 334 g/mol. The Kier molecular flexibility index (Phi) is 5.39. The van der Waals surface area contributed by atoms with Crippen LogP contribution in [0.15, 0.2) is 29.4 Å². The summed E-state index contributed by atoms with van der Waals surface area (Å²) in [4.78, 5) is 11.9. The Hall–Kier alpha value is -2.34. The maximum absolute atomic E-state index is 11.9. The molecule has 6 nitrogen and oxygen atoms in total. The molecule has 0 aliphatic rings. The molecule has 122 valence electrons. The van der Waals surface area contributed by atoms with Gasteiger partial charge in [0.1, 0.15) is 10.9 Å². The van der Waals surface area contributed by atoms with Gasteiger partial charge in [-0.15, -0.1) is 0 Å². The second kappa shape index (κ2) is 7.28. The number of nitrogens with zero attached hydrogens (tertiary/aromatic N) is 3. The number of hydrogen-bond acceptors (Lipinski definition) is 4. The van der Waals surface area contributed by atoms with Crippen molar-refractivity contribution in [2.24, 2.45) is 11.0 Å². The highest BCUT2D eigenvalue weighted by Crippen LogP contribution is 2.19. The molecule has 0 radical (unpaired) electrons. The summed E-state index contributed by atoms with van der Waals surface area (Å²) >= 11 is 6.29. The number of rotatable bonds is 5. The zero-order valence-electron chi connectivity index (χ0n) is 13.2. The molecular weight excluding hydrogens is 316 g/mol. The molecule has 1 heterocycles. The highest BCUT2D eigenvalue weighted by Gasteiger charge is 2.12. The quantitative estimate of drug-likeness (QED) is 0.651. The predicted octanol–water partition coefficient (Wildman–Crippen LogP) is 2.97. The van der Waals surface area contributed by atoms with Crippen LogP contribution in [0.2, 0.25) is 5.15 Å². The van der Waals surface area contributed by atoms with E-state index in [9.17, 15) is 9.90 Å². The Balaban J connectivity index is 2.07. The lowest BCUT2D eigenvalue weighted by molar-refractivity contribution is 0.0955. The number of phenolic OH excluding ortho intramolecular Hbond substituents is 1. The number of aromatic hydroxyl groups is 1. The second-order valence-corrected chi connectivity index (χ2v) is 5.97. The largest absolute Gasteiger partial charge is 0.508 e. The maximum Gasteiger partial charge on any atom is 0.271 e. The van der Waals surface area contributed by atoms with E-state index in [2.05, 4.69) is 29.5 Å². The molecule has 1 amide bonds. The highest BCUT2D eigenvalue weighted by molar-refractivity contribution is 6.32. The molecule has 0 atom stereocenters. The third-order valence-corrected chi connectivity index (χ3v) is 3.54. The Bertz CT molecular complexity index is 720. The fraction of sp³-hybridized carbons (Fsp3) is 0.312. The Morgan fingerprint density at radius 1 is 1.43 bits per heavy atom. The Labute approximate surface area is 139 Å². The van der Waals surface area contributed by atoms with Gasteiger partial charge in [-0.1, -0.05) is 25.4 Å². The van der Waals surface area contributed by atoms with Gasteiger partial charge in [0, 0.05) is 12.1 Å². The standard InChI is InChI=1S/C16H19ClN4O2/c1-10(2)9-21-15(17)14(11(3)20-21)8-18-19-16(23)12-4-6-13(22)7-5-12/h4-8,10,22H,9H2,1-3H3,(H,19,23)/b18-8-. The van der Waals surface area contributed by atoms with Crippen LogP contribution in [-0.4, -0.2) is 27.0 Å². The first-order valence-electron chi connectivity index (χ1n) is 7.23. The lowest BCUT2D eigenvalue weighted by atomic mass is 10.2. The van der Waals surface area contributed by atoms with Gasteiger partial charge in [0.05, 0.1) is 17.5 Å². The van der Waals surface area contributed by atoms with Crippen molar-refractivity contribution in [3.8, 4) is 5.75 Å². The maximum atomic E-state index is 11.9. The molecule has 0 saturated heterocycles. The van der Waals surface area contributed by atoms with E-state index in [1.54, 1.807) is 4.68 Å². The summed E-state index contributed by atoms with van der Waals surface area (Å²) in [6.45, 7) is 6.72. The molecule has 2 rings (SSSR count). The van der Waals surface area contributed by atoms with E-state index in [-0.39, 0.29) is 11.7 Å². The van der Waals surface area contributed by atoms with Crippen molar-refractivity contribution < 1.29 is 9.90 Å². The third-order valence-electron chi connectivity index (χ3n) is 3.14. The number of halogens is 1. The van der Waals surface area contributed by atoms with E-state index in [0.29, 0.717) is 28.7 Å². The van der Waals surface area contributed by atoms with Crippen molar-refractivity contribution in [2.45, 2.75) is 27.3 Å². The van der Waals surface area contributed by atoms with Gasteiger partial charge < -0.3 is 5.11 Å². The molecule has 2 aromatic rings. The van der Waals surface area contributed by atoms with Crippen molar-refractivity contribution >= 4 is 23.7 Å². The van der Waals surface area contributed by atoms with E-state index in [4.69, 9.17) is 11.6 Å². The molecule has 2 N–H and O–H groups in total. The second-order valence-electron chi connectivity index (χ2n) is 5.61. The van der Waals surface area contributed by atoms with Crippen LogP contribution in [0, 0.1) is 12.8 Å². The van der Waals surface area contributed by atoms with Gasteiger partial charge in [-0.25, -0.2) is 5.43 Å². The molecule has 1 aromatic carbocycles. The van der Waals surface area contributed by atoms with Crippen molar-refractivity contribution in [3.05, 3.63) is 46.2 Å². The number of nitrogens with one attached hydrogen (secondary N) is 1. The van der Waals surface area contributed by atoms with Crippen LogP contribution in [0.25, 0.3) is 0 Å². The number of hydrogen-bond donors (Lipinski definition) is 2. The van der Waals surface area contributed by atoms with Crippen LogP contribution in [0.1, 0.15) is 35.5 Å². The molecule has 7 heteroatoms. The lowest BCUT2D eigenvalue weighted by Gasteiger charge is -2.05. The van der Waals surface area contributed by atoms with Gasteiger partial charge in [0.2, 0.25) is 0 Å². The highest BCUT2D eigenvalue weighted by atomic mass is 35.5. The summed E-state index contributed by atoms with van der Waals surface area (Å²) in [7, 11) is 0. The van der Waals surface area contributed by atoms with Crippen molar-refractivity contribution in [2.75, 3.05) is 0 Å². The van der Waals surface area contributed by atoms with Crippen molar-refractivity contribution in [1.29, 1.82) is 0 Å². The Morgan fingerprint density at radius 2 is 2.09 bits per heavy atom. The van der Waals surface area contributed by atoms with Crippen LogP contribution in [0.4, 0.5) is 0 Å². The zero-order valence-corrected chi connectivity index (χ0v) is 14.0. The molecule has 0 fully saturated rings. The van der Waals surface area contributed by atoms with Crippen LogP contribution in [-0.2, 0) is 6.54 Å². The summed E-state index contributed by atoms with van der Waals surface area (Å²) in [5, 5.41) is 18.0. The average molecular weight is 335 g/mol. The summed E-state index contributed by atoms with van der Waals surface area (Å²) in [6, 6.07) is 5.91. The molecule has 0 unspecified atom stereocenters. The summed E-state index contributed by atoms with van der Waals surface area (Å²) < 4.78 is 1.73. The van der Waals surface area contributed by atoms with Gasteiger partial charge in [-0.3, -0.25) is 9.48 Å². The molecule has 0 aliphatic carbocycles. The van der Waals surface area contributed by atoms with E-state index < -0.39 is 0 Å². The molecular formula is C16H19ClN4O2. The fourth-order valence-corrected chi connectivity index (χ4v) is 2.31. The van der Waals surface area contributed by atoms with Gasteiger partial charge in [-0.05, 0) is 37.1 Å². The van der Waals surface area contributed by atoms with E-state index in [0.717, 1.165) is 5.69 Å². The van der Waals surface area contributed by atoms with Gasteiger partial charge in [0.15, 0.2) is 0 Å². The van der Waals surface area contributed by atoms with Crippen LogP contribution in [0.5, 0.6) is 5.75 Å². The minimum Gasteiger partial charge on any atom is -0.508 e. The Morgan fingerprint density at radius 3 is 2.70 bits per heavy atom. The first-order chi connectivity index (χ1) is 10.9. The molecule has 23 heavy (non-hydrogen) atoms. The summed E-state index contributed by atoms with van der Waals surface area (Å²) in [5.41, 5.74) is 4.25. The number of hydrazone groups is 1. The number of carbonyl (C=O) groups is 1. The van der Waals surface area contributed by atoms with E-state index in [1.165, 1.54) is 30.5 Å². The topological polar surface area (TPSA) is 79.5 Å². The third kappa shape index (κ3) is 4.32. The predicted molar refractivity (Wildman–Crippen MR) is 90.0 cm³/mol. The molecule has 0 saturated carbocycles. The normalized spacial score (nSPS) is 11.3.